The molecular formula is C10H13NO4S. The van der Waals surface area contributed by atoms with Crippen LogP contribution in [0.1, 0.15) is 0 Å². The highest BCUT2D eigenvalue weighted by Gasteiger charge is 2.26. The highest BCUT2D eigenvalue weighted by molar-refractivity contribution is 7.91. The lowest BCUT2D eigenvalue weighted by molar-refractivity contribution is 0.0521. The summed E-state index contributed by atoms with van der Waals surface area (Å²) in [4.78, 5) is 0.158. The van der Waals surface area contributed by atoms with E-state index in [0.29, 0.717) is 6.61 Å². The summed E-state index contributed by atoms with van der Waals surface area (Å²) in [5.74, 6) is -0.0960. The molecule has 1 saturated heterocycles. The molecule has 6 heteroatoms. The molecule has 0 bridgehead atoms. The summed E-state index contributed by atoms with van der Waals surface area (Å²) in [6.07, 6.45) is -0.399. The van der Waals surface area contributed by atoms with Crippen molar-refractivity contribution in [1.29, 1.82) is 0 Å². The van der Waals surface area contributed by atoms with Gasteiger partial charge in [0.1, 0.15) is 6.79 Å². The zero-order chi connectivity index (χ0) is 11.6. The molecule has 1 heterocycles. The van der Waals surface area contributed by atoms with Gasteiger partial charge in [0.2, 0.25) is 0 Å². The van der Waals surface area contributed by atoms with Gasteiger partial charge in [-0.05, 0) is 12.1 Å². The van der Waals surface area contributed by atoms with Gasteiger partial charge in [0.25, 0.3) is 0 Å². The number of sulfone groups is 1. The van der Waals surface area contributed by atoms with Crippen LogP contribution in [0, 0.1) is 0 Å². The Kier molecular flexibility index (Phi) is 3.13. The van der Waals surface area contributed by atoms with Crippen molar-refractivity contribution in [3.8, 4) is 0 Å². The number of rotatable bonds is 3. The molecule has 2 rings (SSSR count). The van der Waals surface area contributed by atoms with E-state index in [-0.39, 0.29) is 23.1 Å². The summed E-state index contributed by atoms with van der Waals surface area (Å²) in [6.45, 7) is 0.469. The van der Waals surface area contributed by atoms with Crippen molar-refractivity contribution in [3.05, 3.63) is 24.3 Å². The number of nitrogen functional groups attached to an aromatic ring is 1. The van der Waals surface area contributed by atoms with Crippen LogP contribution in [0.4, 0.5) is 5.69 Å². The van der Waals surface area contributed by atoms with Crippen LogP contribution in [0.25, 0.3) is 0 Å². The topological polar surface area (TPSA) is 78.6 Å². The summed E-state index contributed by atoms with van der Waals surface area (Å²) in [6, 6.07) is 6.41. The standard InChI is InChI=1S/C10H13NO4S/c11-9-3-1-2-4-10(9)16(12,13)6-8-5-14-7-15-8/h1-4,8H,5-7,11H2. The first kappa shape index (κ1) is 11.4. The number of para-hydroxylation sites is 1. The summed E-state index contributed by atoms with van der Waals surface area (Å²) in [5, 5.41) is 0. The predicted octanol–water partition coefficient (Wildman–Crippen LogP) is 0.415. The van der Waals surface area contributed by atoms with Gasteiger partial charge in [0.15, 0.2) is 9.84 Å². The van der Waals surface area contributed by atoms with Crippen molar-refractivity contribution in [3.63, 3.8) is 0 Å². The molecule has 0 aromatic heterocycles. The second kappa shape index (κ2) is 4.40. The van der Waals surface area contributed by atoms with Crippen LogP contribution in [0.2, 0.25) is 0 Å². The van der Waals surface area contributed by atoms with Crippen LogP contribution in [0.5, 0.6) is 0 Å². The summed E-state index contributed by atoms with van der Waals surface area (Å²) in [7, 11) is -3.40. The molecular weight excluding hydrogens is 230 g/mol. The average Bonchev–Trinajstić information content (AvgIpc) is 2.70. The number of hydrogen-bond acceptors (Lipinski definition) is 5. The number of hydrogen-bond donors (Lipinski definition) is 1. The van der Waals surface area contributed by atoms with Gasteiger partial charge in [0.05, 0.1) is 29.0 Å². The average molecular weight is 243 g/mol. The number of benzene rings is 1. The predicted molar refractivity (Wildman–Crippen MR) is 58.6 cm³/mol. The van der Waals surface area contributed by atoms with Gasteiger partial charge >= 0.3 is 0 Å². The van der Waals surface area contributed by atoms with Crippen molar-refractivity contribution in [1.82, 2.24) is 0 Å². The Morgan fingerprint density at radius 2 is 2.12 bits per heavy atom. The lowest BCUT2D eigenvalue weighted by Gasteiger charge is -2.10. The van der Waals surface area contributed by atoms with Gasteiger partial charge in [-0.3, -0.25) is 0 Å². The first-order chi connectivity index (χ1) is 7.59. The van der Waals surface area contributed by atoms with Crippen LogP contribution in [-0.2, 0) is 19.3 Å². The van der Waals surface area contributed by atoms with E-state index in [1.54, 1.807) is 18.2 Å². The lowest BCUT2D eigenvalue weighted by atomic mass is 10.3. The van der Waals surface area contributed by atoms with E-state index in [9.17, 15) is 8.42 Å². The van der Waals surface area contributed by atoms with Gasteiger partial charge < -0.3 is 15.2 Å². The van der Waals surface area contributed by atoms with Crippen LogP contribution in [0.3, 0.4) is 0 Å². The fraction of sp³-hybridized carbons (Fsp3) is 0.400. The highest BCUT2D eigenvalue weighted by atomic mass is 32.2. The Balaban J connectivity index is 2.21. The van der Waals surface area contributed by atoms with Crippen LogP contribution in [0.15, 0.2) is 29.2 Å². The summed E-state index contributed by atoms with van der Waals surface area (Å²) >= 11 is 0. The van der Waals surface area contributed by atoms with Gasteiger partial charge in [-0.15, -0.1) is 0 Å². The maximum absolute atomic E-state index is 12.0. The van der Waals surface area contributed by atoms with E-state index in [4.69, 9.17) is 15.2 Å². The van der Waals surface area contributed by atoms with E-state index >= 15 is 0 Å². The van der Waals surface area contributed by atoms with E-state index in [1.807, 2.05) is 0 Å². The largest absolute Gasteiger partial charge is 0.398 e. The molecule has 2 N–H and O–H groups in total. The second-order valence-electron chi connectivity index (χ2n) is 3.60. The lowest BCUT2D eigenvalue weighted by Crippen LogP contribution is -2.23. The van der Waals surface area contributed by atoms with Crippen molar-refractivity contribution >= 4 is 15.5 Å². The SMILES string of the molecule is Nc1ccccc1S(=O)(=O)CC1COCO1. The van der Waals surface area contributed by atoms with Crippen molar-refractivity contribution in [2.45, 2.75) is 11.0 Å². The fourth-order valence-corrected chi connectivity index (χ4v) is 3.14. The molecule has 0 amide bonds. The first-order valence-corrected chi connectivity index (χ1v) is 6.51. The zero-order valence-electron chi connectivity index (χ0n) is 8.63. The molecule has 1 unspecified atom stereocenters. The minimum absolute atomic E-state index is 0.0960. The second-order valence-corrected chi connectivity index (χ2v) is 5.60. The van der Waals surface area contributed by atoms with E-state index in [1.165, 1.54) is 6.07 Å². The third-order valence-corrected chi connectivity index (χ3v) is 4.20. The minimum atomic E-state index is -3.40. The molecule has 1 fully saturated rings. The third kappa shape index (κ3) is 2.34. The summed E-state index contributed by atoms with van der Waals surface area (Å²) < 4.78 is 34.0. The molecule has 0 saturated carbocycles. The molecule has 1 aromatic rings. The molecule has 0 spiro atoms. The van der Waals surface area contributed by atoms with Crippen molar-refractivity contribution in [2.24, 2.45) is 0 Å². The van der Waals surface area contributed by atoms with E-state index in [2.05, 4.69) is 0 Å². The minimum Gasteiger partial charge on any atom is -0.398 e. The van der Waals surface area contributed by atoms with Gasteiger partial charge in [-0.1, -0.05) is 12.1 Å². The van der Waals surface area contributed by atoms with Crippen molar-refractivity contribution in [2.75, 3.05) is 24.9 Å². The Hall–Kier alpha value is -1.11. The molecule has 1 aliphatic heterocycles. The number of ether oxygens (including phenoxy) is 2. The van der Waals surface area contributed by atoms with E-state index in [0.717, 1.165) is 0 Å². The molecule has 16 heavy (non-hydrogen) atoms. The van der Waals surface area contributed by atoms with Crippen LogP contribution < -0.4 is 5.73 Å². The normalized spacial score (nSPS) is 21.1. The smallest absolute Gasteiger partial charge is 0.183 e. The number of anilines is 1. The quantitative estimate of drug-likeness (QED) is 0.778. The summed E-state index contributed by atoms with van der Waals surface area (Å²) in [5.41, 5.74) is 5.89. The fourth-order valence-electron chi connectivity index (χ4n) is 1.57. The third-order valence-electron chi connectivity index (χ3n) is 2.35. The zero-order valence-corrected chi connectivity index (χ0v) is 9.44. The van der Waals surface area contributed by atoms with Gasteiger partial charge in [0, 0.05) is 0 Å². The Morgan fingerprint density at radius 1 is 1.38 bits per heavy atom. The maximum atomic E-state index is 12.0. The van der Waals surface area contributed by atoms with E-state index < -0.39 is 15.9 Å². The Labute approximate surface area is 94.1 Å². The monoisotopic (exact) mass is 243 g/mol. The Morgan fingerprint density at radius 3 is 2.75 bits per heavy atom. The number of nitrogens with two attached hydrogens (primary N) is 1. The molecule has 0 aliphatic carbocycles. The van der Waals surface area contributed by atoms with Crippen LogP contribution in [-0.4, -0.2) is 33.7 Å². The first-order valence-electron chi connectivity index (χ1n) is 4.86. The highest BCUT2D eigenvalue weighted by Crippen LogP contribution is 2.20. The molecule has 88 valence electrons. The van der Waals surface area contributed by atoms with Crippen LogP contribution >= 0.6 is 0 Å². The molecule has 0 radical (unpaired) electrons. The molecule has 1 atom stereocenters. The molecule has 5 nitrogen and oxygen atoms in total. The maximum Gasteiger partial charge on any atom is 0.183 e. The Bertz CT molecular complexity index is 465. The van der Waals surface area contributed by atoms with Gasteiger partial charge in [-0.25, -0.2) is 8.42 Å². The van der Waals surface area contributed by atoms with Crippen molar-refractivity contribution < 1.29 is 17.9 Å². The molecule has 1 aromatic carbocycles. The molecule has 1 aliphatic rings. The van der Waals surface area contributed by atoms with Gasteiger partial charge in [-0.2, -0.15) is 0 Å².